The van der Waals surface area contributed by atoms with Crippen LogP contribution in [-0.2, 0) is 37.4 Å². The summed E-state index contributed by atoms with van der Waals surface area (Å²) in [6.07, 6.45) is 4.40. The van der Waals surface area contributed by atoms with Crippen LogP contribution in [0.15, 0.2) is 89.0 Å². The van der Waals surface area contributed by atoms with Crippen molar-refractivity contribution >= 4 is 57.4 Å². The van der Waals surface area contributed by atoms with E-state index in [2.05, 4.69) is 30.6 Å². The third-order valence-electron chi connectivity index (χ3n) is 8.43. The molecule has 1 aliphatic heterocycles. The summed E-state index contributed by atoms with van der Waals surface area (Å²) < 4.78 is 33.2. The molecule has 13 nitrogen and oxygen atoms in total. The molecule has 54 heavy (non-hydrogen) atoms. The molecule has 16 heteroatoms. The number of hydrogen-bond acceptors (Lipinski definition) is 10. The summed E-state index contributed by atoms with van der Waals surface area (Å²) in [6.45, 7) is 7.43. The fourth-order valence-electron chi connectivity index (χ4n) is 5.53. The molecule has 2 heterocycles. The number of hydrogen-bond donors (Lipinski definition) is 5. The number of nitrogens with two attached hydrogens (primary N) is 1. The number of nitrogens with one attached hydrogen (secondary N) is 4. The second kappa shape index (κ2) is 20.4. The Kier molecular flexibility index (Phi) is 16.1. The van der Waals surface area contributed by atoms with Crippen LogP contribution in [0.5, 0.6) is 0 Å². The van der Waals surface area contributed by atoms with Gasteiger partial charge in [-0.1, -0.05) is 74.9 Å². The smallest absolute Gasteiger partial charge is 0.408 e. The van der Waals surface area contributed by atoms with Crippen molar-refractivity contribution in [1.82, 2.24) is 25.7 Å². The number of amides is 3. The Morgan fingerprint density at radius 3 is 2.28 bits per heavy atom. The van der Waals surface area contributed by atoms with Crippen molar-refractivity contribution in [3.63, 3.8) is 0 Å². The number of sulfonamides is 1. The van der Waals surface area contributed by atoms with Crippen LogP contribution in [-0.4, -0.2) is 78.0 Å². The van der Waals surface area contributed by atoms with Crippen LogP contribution < -0.4 is 26.4 Å². The van der Waals surface area contributed by atoms with Crippen molar-refractivity contribution < 1.29 is 27.5 Å². The molecule has 1 aliphatic rings. The van der Waals surface area contributed by atoms with E-state index in [9.17, 15) is 22.8 Å². The first-order valence-electron chi connectivity index (χ1n) is 17.8. The van der Waals surface area contributed by atoms with E-state index in [-0.39, 0.29) is 53.4 Å². The van der Waals surface area contributed by atoms with Gasteiger partial charge in [-0.2, -0.15) is 0 Å². The molecule has 2 aromatic carbocycles. The molecule has 292 valence electrons. The van der Waals surface area contributed by atoms with E-state index in [0.717, 1.165) is 29.1 Å². The van der Waals surface area contributed by atoms with Crippen LogP contribution in [0.1, 0.15) is 56.7 Å². The maximum absolute atomic E-state index is 14.1. The molecule has 0 bridgehead atoms. The average Bonchev–Trinajstić information content (AvgIpc) is 3.14. The molecule has 1 aromatic heterocycles. The van der Waals surface area contributed by atoms with Gasteiger partial charge in [0.15, 0.2) is 0 Å². The zero-order valence-corrected chi connectivity index (χ0v) is 33.6. The highest BCUT2D eigenvalue weighted by Gasteiger charge is 2.37. The number of aliphatic imine (C=N–C) groups is 1. The molecule has 1 fully saturated rings. The summed E-state index contributed by atoms with van der Waals surface area (Å²) in [5, 5.41) is 8.81. The number of pyridine rings is 1. The first kappa shape index (κ1) is 42.5. The molecule has 4 rings (SSSR count). The second-order valence-electron chi connectivity index (χ2n) is 14.0. The highest BCUT2D eigenvalue weighted by Crippen LogP contribution is 2.34. The Morgan fingerprint density at radius 1 is 0.944 bits per heavy atom. The van der Waals surface area contributed by atoms with Crippen LogP contribution in [0.3, 0.4) is 0 Å². The van der Waals surface area contributed by atoms with Gasteiger partial charge in [-0.15, -0.1) is 23.5 Å². The van der Waals surface area contributed by atoms with Gasteiger partial charge in [0, 0.05) is 24.5 Å². The van der Waals surface area contributed by atoms with Gasteiger partial charge in [-0.05, 0) is 73.3 Å². The Labute approximate surface area is 326 Å². The first-order chi connectivity index (χ1) is 25.7. The second-order valence-corrected chi connectivity index (χ2v) is 18.5. The van der Waals surface area contributed by atoms with E-state index >= 15 is 0 Å². The van der Waals surface area contributed by atoms with E-state index in [1.807, 2.05) is 81.6 Å². The van der Waals surface area contributed by atoms with Crippen LogP contribution in [0.4, 0.5) is 4.79 Å². The molecule has 3 amide bonds. The molecule has 1 saturated heterocycles. The van der Waals surface area contributed by atoms with Crippen LogP contribution >= 0.6 is 23.5 Å². The van der Waals surface area contributed by atoms with Gasteiger partial charge in [0.25, 0.3) is 10.0 Å². The Bertz CT molecular complexity index is 1800. The van der Waals surface area contributed by atoms with Gasteiger partial charge in [-0.3, -0.25) is 19.6 Å². The third-order valence-corrected chi connectivity index (χ3v) is 13.0. The Morgan fingerprint density at radius 2 is 1.63 bits per heavy atom. The first-order valence-corrected chi connectivity index (χ1v) is 21.4. The largest absolute Gasteiger partial charge is 0.445 e. The summed E-state index contributed by atoms with van der Waals surface area (Å²) in [5.41, 5.74) is 7.89. The summed E-state index contributed by atoms with van der Waals surface area (Å²) >= 11 is 3.67. The molecule has 3 atom stereocenters. The van der Waals surface area contributed by atoms with Gasteiger partial charge in [-0.25, -0.2) is 17.9 Å². The van der Waals surface area contributed by atoms with E-state index in [4.69, 9.17) is 10.5 Å². The normalized spacial score (nSPS) is 15.7. The van der Waals surface area contributed by atoms with Gasteiger partial charge in [0.1, 0.15) is 18.7 Å². The van der Waals surface area contributed by atoms with Gasteiger partial charge in [0.2, 0.25) is 17.8 Å². The van der Waals surface area contributed by atoms with Crippen molar-refractivity contribution in [3.8, 4) is 0 Å². The van der Waals surface area contributed by atoms with Crippen LogP contribution in [0, 0.1) is 12.3 Å². The van der Waals surface area contributed by atoms with Crippen LogP contribution in [0.2, 0.25) is 0 Å². The summed E-state index contributed by atoms with van der Waals surface area (Å²) in [6, 6.07) is 17.5. The number of aryl methyl sites for hydroxylation is 1. The summed E-state index contributed by atoms with van der Waals surface area (Å²) in [5.74, 6) is 0.804. The number of aromatic nitrogens is 1. The number of alkyl carbamates (subject to hydrolysis) is 1. The van der Waals surface area contributed by atoms with E-state index < -0.39 is 39.5 Å². The standard InChI is InChI=1S/C38H51N7O6S3/c1-26-15-17-29(18-16-26)54(49,50)45-36(39)41-20-9-14-30(43-37(48)51-25-28-13-8-19-40-24-28)33(46)44-32(38(2,3)4)34(47)42-31(35-52-21-10-22-53-35)23-27-11-6-5-7-12-27/h5-8,11-13,15-19,24,30-32,35H,9-10,14,20-23,25H2,1-4H3,(H,42,47)(H,43,48)(H,44,46)(H3,39,41,45)/t30?,31?,32-/m1/s1. The minimum Gasteiger partial charge on any atom is -0.445 e. The van der Waals surface area contributed by atoms with Crippen LogP contribution in [0.25, 0.3) is 0 Å². The van der Waals surface area contributed by atoms with E-state index in [1.165, 1.54) is 12.1 Å². The third kappa shape index (κ3) is 13.9. The molecule has 3 aromatic rings. The summed E-state index contributed by atoms with van der Waals surface area (Å²) in [4.78, 5) is 49.2. The molecular formula is C38H51N7O6S3. The topological polar surface area (TPSA) is 194 Å². The highest BCUT2D eigenvalue weighted by atomic mass is 32.2. The average molecular weight is 798 g/mol. The maximum atomic E-state index is 14.1. The monoisotopic (exact) mass is 797 g/mol. The van der Waals surface area contributed by atoms with Crippen molar-refractivity contribution in [3.05, 3.63) is 95.8 Å². The lowest BCUT2D eigenvalue weighted by atomic mass is 9.85. The number of carbonyl (C=O) groups excluding carboxylic acids is 3. The summed E-state index contributed by atoms with van der Waals surface area (Å²) in [7, 11) is -3.95. The fraction of sp³-hybridized carbons (Fsp3) is 0.447. The minimum absolute atomic E-state index is 0.0389. The zero-order chi connectivity index (χ0) is 39.1. The quantitative estimate of drug-likeness (QED) is 0.0783. The number of carbonyl (C=O) groups is 3. The molecule has 6 N–H and O–H groups in total. The molecule has 0 spiro atoms. The fourth-order valence-corrected chi connectivity index (χ4v) is 9.51. The van der Waals surface area contributed by atoms with Gasteiger partial charge in [0.05, 0.1) is 15.5 Å². The molecule has 0 saturated carbocycles. The Hall–Kier alpha value is -4.28. The lowest BCUT2D eigenvalue weighted by molar-refractivity contribution is -0.133. The van der Waals surface area contributed by atoms with Gasteiger partial charge >= 0.3 is 6.09 Å². The highest BCUT2D eigenvalue weighted by molar-refractivity contribution is 8.17. The van der Waals surface area contributed by atoms with E-state index in [0.29, 0.717) is 12.0 Å². The van der Waals surface area contributed by atoms with E-state index in [1.54, 1.807) is 36.7 Å². The SMILES string of the molecule is Cc1ccc(S(=O)(=O)NC(N)=NCCCC(NC(=O)OCc2cccnc2)C(=O)N[C@H](C(=O)NC(Cc2ccccc2)C2SCCCS2)C(C)(C)C)cc1. The number of benzene rings is 2. The Balaban J connectivity index is 1.45. The lowest BCUT2D eigenvalue weighted by Crippen LogP contribution is -2.60. The maximum Gasteiger partial charge on any atom is 0.408 e. The number of rotatable bonds is 16. The number of nitrogens with zero attached hydrogens (tertiary/aromatic N) is 2. The van der Waals surface area contributed by atoms with Crippen molar-refractivity contribution in [2.24, 2.45) is 16.1 Å². The molecule has 0 aliphatic carbocycles. The van der Waals surface area contributed by atoms with Crippen molar-refractivity contribution in [1.29, 1.82) is 0 Å². The van der Waals surface area contributed by atoms with Gasteiger partial charge < -0.3 is 26.4 Å². The van der Waals surface area contributed by atoms with Crippen molar-refractivity contribution in [2.75, 3.05) is 18.1 Å². The zero-order valence-electron chi connectivity index (χ0n) is 31.1. The number of guanidine groups is 1. The molecule has 0 radical (unpaired) electrons. The molecule has 2 unspecified atom stereocenters. The lowest BCUT2D eigenvalue weighted by Gasteiger charge is -2.35. The predicted molar refractivity (Wildman–Crippen MR) is 215 cm³/mol. The molecular weight excluding hydrogens is 747 g/mol. The van der Waals surface area contributed by atoms with Crippen molar-refractivity contribution in [2.45, 2.75) is 87.6 Å². The minimum atomic E-state index is -3.95. The predicted octanol–water partition coefficient (Wildman–Crippen LogP) is 4.51. The number of ether oxygens (including phenoxy) is 1. The number of thioether (sulfide) groups is 2.